The lowest BCUT2D eigenvalue weighted by atomic mass is 10.2. The molecule has 56 valence electrons. The Morgan fingerprint density at radius 3 is 2.70 bits per heavy atom. The van der Waals surface area contributed by atoms with Crippen LogP contribution in [0.3, 0.4) is 0 Å². The molecular weight excluding hydrogens is 164 g/mol. The molecule has 0 aliphatic rings. The SMILES string of the molecule is CC(C)c1csc(NS)n1. The predicted octanol–water partition coefficient (Wildman–Crippen LogP) is 2.52. The summed E-state index contributed by atoms with van der Waals surface area (Å²) in [4.78, 5) is 4.26. The maximum atomic E-state index is 4.26. The zero-order valence-corrected chi connectivity index (χ0v) is 7.67. The molecule has 1 aromatic heterocycles. The molecule has 2 nitrogen and oxygen atoms in total. The van der Waals surface area contributed by atoms with Crippen molar-refractivity contribution in [3.05, 3.63) is 11.1 Å². The van der Waals surface area contributed by atoms with E-state index < -0.39 is 0 Å². The van der Waals surface area contributed by atoms with Gasteiger partial charge in [0.15, 0.2) is 5.13 Å². The van der Waals surface area contributed by atoms with Gasteiger partial charge in [0.1, 0.15) is 0 Å². The summed E-state index contributed by atoms with van der Waals surface area (Å²) in [7, 11) is 0. The second-order valence-electron chi connectivity index (χ2n) is 2.34. The van der Waals surface area contributed by atoms with Crippen molar-refractivity contribution >= 4 is 29.3 Å². The van der Waals surface area contributed by atoms with Gasteiger partial charge in [-0.15, -0.1) is 11.3 Å². The van der Waals surface area contributed by atoms with Gasteiger partial charge in [0.2, 0.25) is 0 Å². The largest absolute Gasteiger partial charge is 0.308 e. The highest BCUT2D eigenvalue weighted by molar-refractivity contribution is 7.81. The van der Waals surface area contributed by atoms with E-state index in [0.29, 0.717) is 5.92 Å². The number of aromatic nitrogens is 1. The van der Waals surface area contributed by atoms with Gasteiger partial charge in [-0.25, -0.2) is 4.98 Å². The van der Waals surface area contributed by atoms with Gasteiger partial charge in [-0.2, -0.15) is 0 Å². The number of thiol groups is 1. The Bertz CT molecular complexity index is 207. The second kappa shape index (κ2) is 3.25. The molecule has 0 atom stereocenters. The van der Waals surface area contributed by atoms with Crippen LogP contribution in [-0.2, 0) is 0 Å². The first-order chi connectivity index (χ1) is 4.74. The molecule has 0 bridgehead atoms. The lowest BCUT2D eigenvalue weighted by molar-refractivity contribution is 0.834. The van der Waals surface area contributed by atoms with Gasteiger partial charge in [-0.05, 0) is 5.92 Å². The minimum Gasteiger partial charge on any atom is -0.308 e. The summed E-state index contributed by atoms with van der Waals surface area (Å²) >= 11 is 5.47. The standard InChI is InChI=1S/C6H10N2S2/c1-4(2)5-3-10-6(7-5)8-9/h3-4,9H,1-2H3,(H,7,8). The molecule has 1 rings (SSSR count). The molecule has 0 spiro atoms. The maximum Gasteiger partial charge on any atom is 0.192 e. The molecule has 1 aromatic rings. The Morgan fingerprint density at radius 1 is 1.70 bits per heavy atom. The zero-order valence-electron chi connectivity index (χ0n) is 5.96. The first-order valence-corrected chi connectivity index (χ1v) is 4.42. The van der Waals surface area contributed by atoms with Crippen LogP contribution in [0.2, 0.25) is 0 Å². The van der Waals surface area contributed by atoms with Crippen LogP contribution in [0, 0.1) is 0 Å². The van der Waals surface area contributed by atoms with E-state index in [4.69, 9.17) is 0 Å². The molecular formula is C6H10N2S2. The second-order valence-corrected chi connectivity index (χ2v) is 3.43. The number of nitrogens with zero attached hydrogens (tertiary/aromatic N) is 1. The van der Waals surface area contributed by atoms with Crippen molar-refractivity contribution in [3.63, 3.8) is 0 Å². The molecule has 0 fully saturated rings. The smallest absolute Gasteiger partial charge is 0.192 e. The molecule has 1 heterocycles. The summed E-state index contributed by atoms with van der Waals surface area (Å²) in [6, 6.07) is 0. The van der Waals surface area contributed by atoms with Crippen molar-refractivity contribution in [2.24, 2.45) is 0 Å². The summed E-state index contributed by atoms with van der Waals surface area (Å²) in [5, 5.41) is 2.91. The summed E-state index contributed by atoms with van der Waals surface area (Å²) in [6.45, 7) is 4.24. The Kier molecular flexibility index (Phi) is 2.56. The molecule has 0 unspecified atom stereocenters. The van der Waals surface area contributed by atoms with Gasteiger partial charge in [0, 0.05) is 5.38 Å². The maximum absolute atomic E-state index is 4.26. The van der Waals surface area contributed by atoms with Gasteiger partial charge in [0.25, 0.3) is 0 Å². The minimum absolute atomic E-state index is 0.506. The summed E-state index contributed by atoms with van der Waals surface area (Å²) < 4.78 is 2.70. The molecule has 0 saturated carbocycles. The van der Waals surface area contributed by atoms with Crippen LogP contribution in [0.15, 0.2) is 5.38 Å². The Morgan fingerprint density at radius 2 is 2.40 bits per heavy atom. The van der Waals surface area contributed by atoms with E-state index in [1.165, 1.54) is 0 Å². The fourth-order valence-electron chi connectivity index (χ4n) is 0.603. The minimum atomic E-state index is 0.506. The number of rotatable bonds is 2. The average molecular weight is 174 g/mol. The number of hydrogen-bond donors (Lipinski definition) is 2. The normalized spacial score (nSPS) is 10.4. The first-order valence-electron chi connectivity index (χ1n) is 3.09. The molecule has 4 heteroatoms. The van der Waals surface area contributed by atoms with Crippen molar-refractivity contribution in [1.29, 1.82) is 0 Å². The van der Waals surface area contributed by atoms with Crippen molar-refractivity contribution in [3.8, 4) is 0 Å². The zero-order chi connectivity index (χ0) is 7.56. The highest BCUT2D eigenvalue weighted by Gasteiger charge is 2.02. The molecule has 0 aliphatic heterocycles. The van der Waals surface area contributed by atoms with Gasteiger partial charge in [0.05, 0.1) is 5.69 Å². The van der Waals surface area contributed by atoms with Crippen molar-refractivity contribution in [2.45, 2.75) is 19.8 Å². The topological polar surface area (TPSA) is 24.9 Å². The summed E-state index contributed by atoms with van der Waals surface area (Å²) in [6.07, 6.45) is 0. The fraction of sp³-hybridized carbons (Fsp3) is 0.500. The highest BCUT2D eigenvalue weighted by atomic mass is 32.1. The fourth-order valence-corrected chi connectivity index (χ4v) is 1.58. The van der Waals surface area contributed by atoms with E-state index in [1.54, 1.807) is 11.3 Å². The van der Waals surface area contributed by atoms with E-state index in [0.717, 1.165) is 10.8 Å². The van der Waals surface area contributed by atoms with Crippen LogP contribution in [0.4, 0.5) is 5.13 Å². The van der Waals surface area contributed by atoms with Gasteiger partial charge >= 0.3 is 0 Å². The van der Waals surface area contributed by atoms with Crippen molar-refractivity contribution < 1.29 is 0 Å². The monoisotopic (exact) mass is 174 g/mol. The van der Waals surface area contributed by atoms with Crippen LogP contribution in [0.25, 0.3) is 0 Å². The number of thiazole rings is 1. The third-order valence-electron chi connectivity index (χ3n) is 1.21. The molecule has 0 saturated heterocycles. The Hall–Kier alpha value is -0.220. The molecule has 0 aliphatic carbocycles. The van der Waals surface area contributed by atoms with Crippen LogP contribution in [-0.4, -0.2) is 4.98 Å². The van der Waals surface area contributed by atoms with E-state index in [-0.39, 0.29) is 0 Å². The van der Waals surface area contributed by atoms with Crippen molar-refractivity contribution in [1.82, 2.24) is 4.98 Å². The first kappa shape index (κ1) is 7.88. The molecule has 0 amide bonds. The van der Waals surface area contributed by atoms with E-state index in [1.807, 2.05) is 5.38 Å². The van der Waals surface area contributed by atoms with Crippen LogP contribution >= 0.6 is 24.2 Å². The number of anilines is 1. The van der Waals surface area contributed by atoms with E-state index in [2.05, 4.69) is 36.4 Å². The van der Waals surface area contributed by atoms with Gasteiger partial charge in [-0.3, -0.25) is 0 Å². The Balaban J connectivity index is 2.78. The quantitative estimate of drug-likeness (QED) is 0.673. The van der Waals surface area contributed by atoms with Gasteiger partial charge in [-0.1, -0.05) is 26.7 Å². The predicted molar refractivity (Wildman–Crippen MR) is 48.8 cm³/mol. The van der Waals surface area contributed by atoms with E-state index in [9.17, 15) is 0 Å². The third kappa shape index (κ3) is 1.64. The summed E-state index contributed by atoms with van der Waals surface area (Å²) in [5.74, 6) is 0.506. The van der Waals surface area contributed by atoms with Crippen LogP contribution < -0.4 is 4.72 Å². The Labute approximate surface area is 70.2 Å². The average Bonchev–Trinajstić information content (AvgIpc) is 2.34. The van der Waals surface area contributed by atoms with Crippen LogP contribution in [0.5, 0.6) is 0 Å². The molecule has 0 radical (unpaired) electrons. The van der Waals surface area contributed by atoms with Crippen molar-refractivity contribution in [2.75, 3.05) is 4.72 Å². The van der Waals surface area contributed by atoms with Gasteiger partial charge < -0.3 is 4.72 Å². The molecule has 1 N–H and O–H groups in total. The van der Waals surface area contributed by atoms with Crippen LogP contribution in [0.1, 0.15) is 25.5 Å². The number of nitrogens with one attached hydrogen (secondary N) is 1. The lowest BCUT2D eigenvalue weighted by Gasteiger charge is -1.95. The lowest BCUT2D eigenvalue weighted by Crippen LogP contribution is -1.86. The number of hydrogen-bond acceptors (Lipinski definition) is 4. The molecule has 0 aromatic carbocycles. The third-order valence-corrected chi connectivity index (χ3v) is 2.35. The summed E-state index contributed by atoms with van der Waals surface area (Å²) in [5.41, 5.74) is 1.13. The molecule has 10 heavy (non-hydrogen) atoms. The van der Waals surface area contributed by atoms with E-state index >= 15 is 0 Å². The highest BCUT2D eigenvalue weighted by Crippen LogP contribution is 2.21.